The van der Waals surface area contributed by atoms with Crippen LogP contribution >= 0.6 is 0 Å². The minimum atomic E-state index is -3.86. The van der Waals surface area contributed by atoms with E-state index in [2.05, 4.69) is 10.0 Å². The van der Waals surface area contributed by atoms with Gasteiger partial charge in [0.15, 0.2) is 23.0 Å². The van der Waals surface area contributed by atoms with Gasteiger partial charge >= 0.3 is 0 Å². The van der Waals surface area contributed by atoms with Crippen LogP contribution in [0.25, 0.3) is 0 Å². The number of anilines is 2. The zero-order valence-corrected chi connectivity index (χ0v) is 18.2. The molecule has 0 atom stereocenters. The second kappa shape index (κ2) is 8.55. The van der Waals surface area contributed by atoms with E-state index in [9.17, 15) is 13.2 Å². The molecule has 3 aromatic carbocycles. The van der Waals surface area contributed by atoms with Crippen LogP contribution in [0.3, 0.4) is 0 Å². The Morgan fingerprint density at radius 1 is 0.727 bits per heavy atom. The number of hydrogen-bond acceptors (Lipinski definition) is 7. The van der Waals surface area contributed by atoms with Gasteiger partial charge in [0.1, 0.15) is 0 Å². The van der Waals surface area contributed by atoms with Gasteiger partial charge in [-0.3, -0.25) is 9.52 Å². The van der Waals surface area contributed by atoms with Crippen LogP contribution in [0.4, 0.5) is 11.4 Å². The van der Waals surface area contributed by atoms with Crippen LogP contribution in [0.1, 0.15) is 16.8 Å². The molecule has 1 amide bonds. The highest BCUT2D eigenvalue weighted by molar-refractivity contribution is 7.92. The lowest BCUT2D eigenvalue weighted by atomic mass is 10.2. The third kappa shape index (κ3) is 4.51. The Morgan fingerprint density at radius 2 is 1.36 bits per heavy atom. The van der Waals surface area contributed by atoms with E-state index in [0.29, 0.717) is 53.2 Å². The predicted octanol–water partition coefficient (Wildman–Crippen LogP) is 3.63. The fourth-order valence-corrected chi connectivity index (χ4v) is 4.47. The quantitative estimate of drug-likeness (QED) is 0.588. The van der Waals surface area contributed by atoms with Gasteiger partial charge in [-0.25, -0.2) is 8.42 Å². The number of amides is 1. The molecule has 9 nitrogen and oxygen atoms in total. The average Bonchev–Trinajstić information content (AvgIpc) is 3.14. The van der Waals surface area contributed by atoms with E-state index >= 15 is 0 Å². The standard InChI is InChI=1S/C23H20N2O7S/c26-23(24-17-6-8-20-21(12-17)32-14-31-20)15-2-4-16(5-3-15)25-33(27,28)18-7-9-19-22(13-18)30-11-1-10-29-19/h2-9,12-13,25H,1,10-11,14H2,(H,24,26). The number of hydrogen-bond donors (Lipinski definition) is 2. The van der Waals surface area contributed by atoms with Crippen LogP contribution < -0.4 is 29.0 Å². The zero-order valence-electron chi connectivity index (χ0n) is 17.4. The summed E-state index contributed by atoms with van der Waals surface area (Å²) >= 11 is 0. The summed E-state index contributed by atoms with van der Waals surface area (Å²) in [5.41, 5.74) is 1.25. The maximum Gasteiger partial charge on any atom is 0.262 e. The number of carbonyl (C=O) groups is 1. The lowest BCUT2D eigenvalue weighted by Gasteiger charge is -2.12. The predicted molar refractivity (Wildman–Crippen MR) is 120 cm³/mol. The molecule has 2 heterocycles. The van der Waals surface area contributed by atoms with E-state index < -0.39 is 10.0 Å². The number of nitrogens with one attached hydrogen (secondary N) is 2. The molecule has 0 aromatic heterocycles. The number of sulfonamides is 1. The SMILES string of the molecule is O=C(Nc1ccc2c(c1)OCO2)c1ccc(NS(=O)(=O)c2ccc3c(c2)OCCCO3)cc1. The summed E-state index contributed by atoms with van der Waals surface area (Å²) in [7, 11) is -3.86. The minimum absolute atomic E-state index is 0.0522. The highest BCUT2D eigenvalue weighted by Crippen LogP contribution is 2.34. The topological polar surface area (TPSA) is 112 Å². The summed E-state index contributed by atoms with van der Waals surface area (Å²) in [4.78, 5) is 12.6. The molecule has 5 rings (SSSR count). The van der Waals surface area contributed by atoms with Gasteiger partial charge in [0.25, 0.3) is 15.9 Å². The monoisotopic (exact) mass is 468 g/mol. The van der Waals surface area contributed by atoms with E-state index in [0.717, 1.165) is 6.42 Å². The van der Waals surface area contributed by atoms with Crippen molar-refractivity contribution in [3.05, 3.63) is 66.2 Å². The van der Waals surface area contributed by atoms with E-state index in [1.165, 1.54) is 36.4 Å². The van der Waals surface area contributed by atoms with Gasteiger partial charge in [-0.15, -0.1) is 0 Å². The number of benzene rings is 3. The fraction of sp³-hybridized carbons (Fsp3) is 0.174. The van der Waals surface area contributed by atoms with Crippen molar-refractivity contribution < 1.29 is 32.2 Å². The van der Waals surface area contributed by atoms with Crippen LogP contribution in [0.15, 0.2) is 65.6 Å². The Kier molecular flexibility index (Phi) is 5.43. The molecular weight excluding hydrogens is 448 g/mol. The second-order valence-corrected chi connectivity index (χ2v) is 9.05. The lowest BCUT2D eigenvalue weighted by Crippen LogP contribution is -2.14. The average molecular weight is 468 g/mol. The van der Waals surface area contributed by atoms with Gasteiger partial charge < -0.3 is 24.3 Å². The molecule has 0 saturated heterocycles. The summed E-state index contributed by atoms with van der Waals surface area (Å²) in [6.45, 7) is 1.13. The van der Waals surface area contributed by atoms with Crippen molar-refractivity contribution in [2.24, 2.45) is 0 Å². The molecule has 2 aliphatic heterocycles. The highest BCUT2D eigenvalue weighted by atomic mass is 32.2. The van der Waals surface area contributed by atoms with Crippen LogP contribution in [-0.4, -0.2) is 34.3 Å². The molecule has 0 spiro atoms. The molecule has 33 heavy (non-hydrogen) atoms. The van der Waals surface area contributed by atoms with Crippen LogP contribution in [-0.2, 0) is 10.0 Å². The first-order valence-corrected chi connectivity index (χ1v) is 11.7. The molecule has 2 aliphatic rings. The van der Waals surface area contributed by atoms with Gasteiger partial charge in [0, 0.05) is 35.5 Å². The van der Waals surface area contributed by atoms with Gasteiger partial charge in [-0.1, -0.05) is 0 Å². The Hall–Kier alpha value is -3.92. The summed E-state index contributed by atoms with van der Waals surface area (Å²) < 4.78 is 49.8. The summed E-state index contributed by atoms with van der Waals surface area (Å²) in [5, 5.41) is 2.78. The van der Waals surface area contributed by atoms with E-state index in [4.69, 9.17) is 18.9 Å². The van der Waals surface area contributed by atoms with Crippen LogP contribution in [0, 0.1) is 0 Å². The van der Waals surface area contributed by atoms with Crippen LogP contribution in [0.5, 0.6) is 23.0 Å². The van der Waals surface area contributed by atoms with Crippen molar-refractivity contribution in [3.8, 4) is 23.0 Å². The number of ether oxygens (including phenoxy) is 4. The van der Waals surface area contributed by atoms with Crippen molar-refractivity contribution in [1.82, 2.24) is 0 Å². The van der Waals surface area contributed by atoms with Gasteiger partial charge in [0.05, 0.1) is 18.1 Å². The zero-order chi connectivity index (χ0) is 22.8. The smallest absolute Gasteiger partial charge is 0.262 e. The fourth-order valence-electron chi connectivity index (χ4n) is 3.39. The molecule has 0 bridgehead atoms. The molecule has 0 unspecified atom stereocenters. The normalized spacial score (nSPS) is 14.3. The molecule has 3 aromatic rings. The molecule has 0 radical (unpaired) electrons. The maximum atomic E-state index is 12.8. The Bertz CT molecular complexity index is 1310. The Morgan fingerprint density at radius 3 is 2.18 bits per heavy atom. The molecule has 2 N–H and O–H groups in total. The maximum absolute atomic E-state index is 12.8. The first kappa shape index (κ1) is 21.0. The Labute approximate surface area is 190 Å². The van der Waals surface area contributed by atoms with E-state index in [1.54, 1.807) is 24.3 Å². The van der Waals surface area contributed by atoms with Crippen molar-refractivity contribution in [3.63, 3.8) is 0 Å². The van der Waals surface area contributed by atoms with E-state index in [-0.39, 0.29) is 17.6 Å². The van der Waals surface area contributed by atoms with Gasteiger partial charge in [-0.05, 0) is 48.5 Å². The van der Waals surface area contributed by atoms with Crippen molar-refractivity contribution >= 4 is 27.3 Å². The van der Waals surface area contributed by atoms with Crippen LogP contribution in [0.2, 0.25) is 0 Å². The number of carbonyl (C=O) groups excluding carboxylic acids is 1. The molecule has 170 valence electrons. The first-order chi connectivity index (χ1) is 16.0. The molecular formula is C23H20N2O7S. The molecule has 10 heteroatoms. The third-order valence-electron chi connectivity index (χ3n) is 5.06. The largest absolute Gasteiger partial charge is 0.490 e. The molecule has 0 saturated carbocycles. The van der Waals surface area contributed by atoms with Gasteiger partial charge in [-0.2, -0.15) is 0 Å². The third-order valence-corrected chi connectivity index (χ3v) is 6.44. The van der Waals surface area contributed by atoms with Gasteiger partial charge in [0.2, 0.25) is 6.79 Å². The van der Waals surface area contributed by atoms with E-state index in [1.807, 2.05) is 0 Å². The first-order valence-electron chi connectivity index (χ1n) is 10.2. The minimum Gasteiger partial charge on any atom is -0.490 e. The lowest BCUT2D eigenvalue weighted by molar-refractivity contribution is 0.102. The van der Waals surface area contributed by atoms with Crippen molar-refractivity contribution in [2.45, 2.75) is 11.3 Å². The summed E-state index contributed by atoms with van der Waals surface area (Å²) in [6.07, 6.45) is 0.726. The summed E-state index contributed by atoms with van der Waals surface area (Å²) in [5.74, 6) is 1.76. The van der Waals surface area contributed by atoms with Crippen molar-refractivity contribution in [2.75, 3.05) is 30.0 Å². The highest BCUT2D eigenvalue weighted by Gasteiger charge is 2.19. The molecule has 0 aliphatic carbocycles. The number of fused-ring (bicyclic) bond motifs is 2. The van der Waals surface area contributed by atoms with Crippen molar-refractivity contribution in [1.29, 1.82) is 0 Å². The Balaban J connectivity index is 1.27. The number of rotatable bonds is 5. The second-order valence-electron chi connectivity index (χ2n) is 7.36. The molecule has 0 fully saturated rings. The summed E-state index contributed by atoms with van der Waals surface area (Å²) in [6, 6.07) is 15.7.